The van der Waals surface area contributed by atoms with Gasteiger partial charge in [0.05, 0.1) is 0 Å². The van der Waals surface area contributed by atoms with Gasteiger partial charge in [-0.05, 0) is 23.7 Å². The Morgan fingerprint density at radius 1 is 1.29 bits per heavy atom. The topological polar surface area (TPSA) is 81.3 Å². The Kier molecular flexibility index (Phi) is 4.35. The standard InChI is InChI=1S/C17H21N5O2/c1-21(2)17-19-14(7-15(23)20-17)16(24)18-8-11-4-5-12-9-22(3)10-13(12)6-11/h4-7H,8-10H2,1-3H3,(H,18,24)(H,19,20,23). The number of hydrogen-bond donors (Lipinski definition) is 2. The zero-order valence-corrected chi connectivity index (χ0v) is 14.1. The van der Waals surface area contributed by atoms with E-state index in [1.807, 2.05) is 6.07 Å². The van der Waals surface area contributed by atoms with Crippen LogP contribution < -0.4 is 15.8 Å². The molecule has 1 amide bonds. The number of H-pyrrole nitrogens is 1. The lowest BCUT2D eigenvalue weighted by Gasteiger charge is -2.11. The van der Waals surface area contributed by atoms with Crippen LogP contribution in [0.4, 0.5) is 5.95 Å². The van der Waals surface area contributed by atoms with Crippen molar-refractivity contribution < 1.29 is 4.79 Å². The molecule has 1 aromatic heterocycles. The van der Waals surface area contributed by atoms with Gasteiger partial charge in [-0.1, -0.05) is 18.2 Å². The number of benzene rings is 1. The molecule has 2 heterocycles. The molecular formula is C17H21N5O2. The molecule has 0 saturated heterocycles. The van der Waals surface area contributed by atoms with Crippen LogP contribution in [0.15, 0.2) is 29.1 Å². The van der Waals surface area contributed by atoms with E-state index in [0.717, 1.165) is 18.7 Å². The molecule has 0 saturated carbocycles. The average molecular weight is 327 g/mol. The molecule has 2 aromatic rings. The number of aromatic amines is 1. The molecule has 1 aliphatic rings. The van der Waals surface area contributed by atoms with Crippen LogP contribution in [0.5, 0.6) is 0 Å². The molecule has 2 N–H and O–H groups in total. The Bertz CT molecular complexity index is 828. The fourth-order valence-corrected chi connectivity index (χ4v) is 2.77. The SMILES string of the molecule is CN1Cc2ccc(CNC(=O)c3cc(=O)[nH]c(N(C)C)n3)cc2C1. The molecule has 0 aliphatic carbocycles. The predicted molar refractivity (Wildman–Crippen MR) is 92.0 cm³/mol. The fourth-order valence-electron chi connectivity index (χ4n) is 2.77. The molecule has 0 unspecified atom stereocenters. The maximum Gasteiger partial charge on any atom is 0.270 e. The number of aromatic nitrogens is 2. The van der Waals surface area contributed by atoms with E-state index in [-0.39, 0.29) is 17.2 Å². The largest absolute Gasteiger partial charge is 0.348 e. The first-order valence-corrected chi connectivity index (χ1v) is 7.78. The number of hydrogen-bond acceptors (Lipinski definition) is 5. The van der Waals surface area contributed by atoms with Gasteiger partial charge in [-0.15, -0.1) is 0 Å². The molecule has 1 aromatic carbocycles. The van der Waals surface area contributed by atoms with Gasteiger partial charge in [0.2, 0.25) is 5.95 Å². The van der Waals surface area contributed by atoms with E-state index in [9.17, 15) is 9.59 Å². The van der Waals surface area contributed by atoms with E-state index in [1.165, 1.54) is 17.2 Å². The first-order valence-electron chi connectivity index (χ1n) is 7.78. The Morgan fingerprint density at radius 2 is 2.04 bits per heavy atom. The van der Waals surface area contributed by atoms with Gasteiger partial charge < -0.3 is 10.2 Å². The third-order valence-corrected chi connectivity index (χ3v) is 3.99. The highest BCUT2D eigenvalue weighted by Gasteiger charge is 2.16. The maximum atomic E-state index is 12.3. The van der Waals surface area contributed by atoms with E-state index in [2.05, 4.69) is 39.4 Å². The Labute approximate surface area is 140 Å². The third kappa shape index (κ3) is 3.46. The molecule has 0 bridgehead atoms. The second-order valence-corrected chi connectivity index (χ2v) is 6.31. The minimum Gasteiger partial charge on any atom is -0.348 e. The lowest BCUT2D eigenvalue weighted by atomic mass is 10.1. The van der Waals surface area contributed by atoms with Crippen molar-refractivity contribution in [2.75, 3.05) is 26.0 Å². The fraction of sp³-hybridized carbons (Fsp3) is 0.353. The third-order valence-electron chi connectivity index (χ3n) is 3.99. The van der Waals surface area contributed by atoms with Crippen molar-refractivity contribution in [3.63, 3.8) is 0 Å². The van der Waals surface area contributed by atoms with Crippen molar-refractivity contribution in [3.8, 4) is 0 Å². The molecule has 7 heteroatoms. The zero-order valence-electron chi connectivity index (χ0n) is 14.1. The van der Waals surface area contributed by atoms with Crippen molar-refractivity contribution >= 4 is 11.9 Å². The highest BCUT2D eigenvalue weighted by atomic mass is 16.2. The minimum atomic E-state index is -0.359. The summed E-state index contributed by atoms with van der Waals surface area (Å²) in [6.45, 7) is 2.30. The predicted octanol–water partition coefficient (Wildman–Crippen LogP) is 0.711. The van der Waals surface area contributed by atoms with Gasteiger partial charge in [-0.2, -0.15) is 0 Å². The number of rotatable bonds is 4. The number of carbonyl (C=O) groups excluding carboxylic acids is 1. The van der Waals surface area contributed by atoms with Crippen molar-refractivity contribution in [2.45, 2.75) is 19.6 Å². The summed E-state index contributed by atoms with van der Waals surface area (Å²) in [7, 11) is 5.59. The van der Waals surface area contributed by atoms with E-state index >= 15 is 0 Å². The van der Waals surface area contributed by atoms with Gasteiger partial charge in [-0.25, -0.2) is 4.98 Å². The van der Waals surface area contributed by atoms with Crippen LogP contribution in [0.2, 0.25) is 0 Å². The van der Waals surface area contributed by atoms with Crippen LogP contribution in [-0.4, -0.2) is 41.9 Å². The lowest BCUT2D eigenvalue weighted by molar-refractivity contribution is 0.0945. The monoisotopic (exact) mass is 327 g/mol. The number of anilines is 1. The van der Waals surface area contributed by atoms with Crippen molar-refractivity contribution in [1.82, 2.24) is 20.2 Å². The number of nitrogens with zero attached hydrogens (tertiary/aromatic N) is 3. The molecule has 0 radical (unpaired) electrons. The highest BCUT2D eigenvalue weighted by Crippen LogP contribution is 2.22. The van der Waals surface area contributed by atoms with Crippen LogP contribution >= 0.6 is 0 Å². The van der Waals surface area contributed by atoms with Crippen LogP contribution in [0.3, 0.4) is 0 Å². The second kappa shape index (κ2) is 6.45. The van der Waals surface area contributed by atoms with Gasteiger partial charge in [0, 0.05) is 39.8 Å². The zero-order chi connectivity index (χ0) is 17.3. The molecule has 126 valence electrons. The summed E-state index contributed by atoms with van der Waals surface area (Å²) in [4.78, 5) is 34.6. The quantitative estimate of drug-likeness (QED) is 0.864. The first kappa shape index (κ1) is 16.2. The van der Waals surface area contributed by atoms with E-state index in [1.54, 1.807) is 19.0 Å². The Balaban J connectivity index is 1.70. The van der Waals surface area contributed by atoms with Crippen LogP contribution in [-0.2, 0) is 19.6 Å². The molecule has 24 heavy (non-hydrogen) atoms. The van der Waals surface area contributed by atoms with Crippen LogP contribution in [0, 0.1) is 0 Å². The number of fused-ring (bicyclic) bond motifs is 1. The summed E-state index contributed by atoms with van der Waals surface area (Å²) >= 11 is 0. The van der Waals surface area contributed by atoms with Crippen LogP contribution in [0.25, 0.3) is 0 Å². The molecule has 7 nitrogen and oxygen atoms in total. The Hall–Kier alpha value is -2.67. The number of nitrogens with one attached hydrogen (secondary N) is 2. The molecular weight excluding hydrogens is 306 g/mol. The molecule has 3 rings (SSSR count). The maximum absolute atomic E-state index is 12.3. The molecule has 0 fully saturated rings. The number of amides is 1. The second-order valence-electron chi connectivity index (χ2n) is 6.31. The normalized spacial score (nSPS) is 13.6. The molecule has 0 spiro atoms. The van der Waals surface area contributed by atoms with Gasteiger partial charge in [0.25, 0.3) is 11.5 Å². The molecule has 1 aliphatic heterocycles. The summed E-state index contributed by atoms with van der Waals surface area (Å²) in [6.07, 6.45) is 0. The summed E-state index contributed by atoms with van der Waals surface area (Å²) in [6, 6.07) is 7.46. The average Bonchev–Trinajstić information content (AvgIpc) is 2.91. The highest BCUT2D eigenvalue weighted by molar-refractivity contribution is 5.92. The van der Waals surface area contributed by atoms with E-state index in [4.69, 9.17) is 0 Å². The number of carbonyl (C=O) groups is 1. The van der Waals surface area contributed by atoms with Crippen LogP contribution in [0.1, 0.15) is 27.2 Å². The Morgan fingerprint density at radius 3 is 2.79 bits per heavy atom. The van der Waals surface area contributed by atoms with Gasteiger partial charge in [-0.3, -0.25) is 19.5 Å². The summed E-state index contributed by atoms with van der Waals surface area (Å²) in [5, 5.41) is 2.82. The minimum absolute atomic E-state index is 0.114. The van der Waals surface area contributed by atoms with E-state index in [0.29, 0.717) is 12.5 Å². The first-order chi connectivity index (χ1) is 11.4. The van der Waals surface area contributed by atoms with Gasteiger partial charge >= 0.3 is 0 Å². The summed E-state index contributed by atoms with van der Waals surface area (Å²) < 4.78 is 0. The summed E-state index contributed by atoms with van der Waals surface area (Å²) in [5.41, 5.74) is 3.44. The van der Waals surface area contributed by atoms with Crippen molar-refractivity contribution in [1.29, 1.82) is 0 Å². The van der Waals surface area contributed by atoms with Gasteiger partial charge in [0.15, 0.2) is 0 Å². The summed E-state index contributed by atoms with van der Waals surface area (Å²) in [5.74, 6) is -0.00460. The van der Waals surface area contributed by atoms with E-state index < -0.39 is 0 Å². The molecule has 0 atom stereocenters. The smallest absolute Gasteiger partial charge is 0.270 e. The van der Waals surface area contributed by atoms with Gasteiger partial charge in [0.1, 0.15) is 5.69 Å². The van der Waals surface area contributed by atoms with Crippen molar-refractivity contribution in [2.24, 2.45) is 0 Å². The lowest BCUT2D eigenvalue weighted by Crippen LogP contribution is -2.27. The van der Waals surface area contributed by atoms with Crippen molar-refractivity contribution in [3.05, 3.63) is 57.0 Å².